The number of hydrogen-bond acceptors (Lipinski definition) is 3. The average Bonchev–Trinajstić information content (AvgIpc) is 2.74. The van der Waals surface area contributed by atoms with E-state index < -0.39 is 0 Å². The molecule has 2 heterocycles. The van der Waals surface area contributed by atoms with Gasteiger partial charge in [-0.1, -0.05) is 0 Å². The fourth-order valence-corrected chi connectivity index (χ4v) is 1.85. The van der Waals surface area contributed by atoms with Crippen LogP contribution in [-0.4, -0.2) is 39.5 Å². The molecule has 0 bridgehead atoms. The van der Waals surface area contributed by atoms with Gasteiger partial charge in [0.1, 0.15) is 0 Å². The first-order chi connectivity index (χ1) is 7.16. The number of amides is 1. The third-order valence-electron chi connectivity index (χ3n) is 2.34. The second kappa shape index (κ2) is 4.14. The van der Waals surface area contributed by atoms with E-state index in [4.69, 9.17) is 0 Å². The second-order valence-electron chi connectivity index (χ2n) is 3.39. The van der Waals surface area contributed by atoms with E-state index in [1.165, 1.54) is 0 Å². The lowest BCUT2D eigenvalue weighted by Gasteiger charge is -2.13. The zero-order valence-corrected chi connectivity index (χ0v) is 9.61. The van der Waals surface area contributed by atoms with Crippen molar-refractivity contribution in [2.45, 2.75) is 13.0 Å². The van der Waals surface area contributed by atoms with Crippen LogP contribution in [0.25, 0.3) is 0 Å². The molecule has 2 rings (SSSR count). The predicted molar refractivity (Wildman–Crippen MR) is 56.1 cm³/mol. The molecule has 15 heavy (non-hydrogen) atoms. The maximum Gasteiger partial charge on any atom is 0.290 e. The summed E-state index contributed by atoms with van der Waals surface area (Å²) in [6.07, 6.45) is 3.88. The Kier molecular flexibility index (Phi) is 2.86. The van der Waals surface area contributed by atoms with Crippen LogP contribution >= 0.6 is 15.9 Å². The third-order valence-corrected chi connectivity index (χ3v) is 2.74. The molecule has 5 nitrogen and oxygen atoms in total. The molecule has 0 unspecified atom stereocenters. The molecular formula is C9H10BrN3O2. The fraction of sp³-hybridized carbons (Fsp3) is 0.444. The molecule has 0 aromatic carbocycles. The highest BCUT2D eigenvalue weighted by molar-refractivity contribution is 9.10. The van der Waals surface area contributed by atoms with E-state index >= 15 is 0 Å². The van der Waals surface area contributed by atoms with E-state index in [1.54, 1.807) is 15.8 Å². The summed E-state index contributed by atoms with van der Waals surface area (Å²) in [4.78, 5) is 23.8. The molecule has 1 aliphatic rings. The summed E-state index contributed by atoms with van der Waals surface area (Å²) in [7, 11) is 0. The average molecular weight is 272 g/mol. The normalized spacial score (nSPS) is 16.5. The Labute approximate surface area is 95.2 Å². The number of carbonyl (C=O) groups is 2. The number of nitrogens with zero attached hydrogens (tertiary/aromatic N) is 3. The molecule has 0 saturated carbocycles. The summed E-state index contributed by atoms with van der Waals surface area (Å²) in [5, 5.41) is 4.07. The predicted octanol–water partition coefficient (Wildman–Crippen LogP) is 0.447. The molecule has 1 aromatic heterocycles. The van der Waals surface area contributed by atoms with Crippen molar-refractivity contribution in [2.24, 2.45) is 0 Å². The molecule has 6 heteroatoms. The monoisotopic (exact) mass is 271 g/mol. The summed E-state index contributed by atoms with van der Waals surface area (Å²) < 4.78 is 2.64. The maximum absolute atomic E-state index is 11.3. The Morgan fingerprint density at radius 3 is 2.73 bits per heavy atom. The maximum atomic E-state index is 11.3. The van der Waals surface area contributed by atoms with Gasteiger partial charge in [0, 0.05) is 25.7 Å². The number of Topliss-reactive ketones (excluding diaryl/α,β-unsaturated/α-hetero) is 1. The lowest BCUT2D eigenvalue weighted by molar-refractivity contribution is -0.140. The van der Waals surface area contributed by atoms with E-state index in [1.807, 2.05) is 6.20 Å². The van der Waals surface area contributed by atoms with Crippen LogP contribution in [-0.2, 0) is 16.1 Å². The van der Waals surface area contributed by atoms with Crippen molar-refractivity contribution < 1.29 is 9.59 Å². The van der Waals surface area contributed by atoms with Crippen molar-refractivity contribution in [3.63, 3.8) is 0 Å². The van der Waals surface area contributed by atoms with Crippen LogP contribution in [0.3, 0.4) is 0 Å². The number of aromatic nitrogens is 2. The van der Waals surface area contributed by atoms with Crippen LogP contribution in [0.4, 0.5) is 0 Å². The van der Waals surface area contributed by atoms with Gasteiger partial charge in [0.05, 0.1) is 17.2 Å². The number of ketones is 1. The molecule has 1 aliphatic heterocycles. The third kappa shape index (κ3) is 2.26. The molecule has 1 aromatic rings. The molecule has 1 fully saturated rings. The number of rotatable bonds is 3. The molecule has 0 spiro atoms. The van der Waals surface area contributed by atoms with Crippen LogP contribution in [0.1, 0.15) is 6.42 Å². The van der Waals surface area contributed by atoms with E-state index in [9.17, 15) is 9.59 Å². The van der Waals surface area contributed by atoms with Gasteiger partial charge in [-0.2, -0.15) is 5.10 Å². The van der Waals surface area contributed by atoms with E-state index in [2.05, 4.69) is 21.0 Å². The van der Waals surface area contributed by atoms with E-state index in [0.29, 0.717) is 26.1 Å². The highest BCUT2D eigenvalue weighted by Crippen LogP contribution is 2.08. The van der Waals surface area contributed by atoms with Crippen molar-refractivity contribution in [3.8, 4) is 0 Å². The molecule has 1 amide bonds. The Bertz CT molecular complexity index is 402. The first kappa shape index (κ1) is 10.4. The lowest BCUT2D eigenvalue weighted by Crippen LogP contribution is -2.30. The van der Waals surface area contributed by atoms with Crippen LogP contribution in [0.2, 0.25) is 0 Å². The van der Waals surface area contributed by atoms with Crippen LogP contribution in [0.5, 0.6) is 0 Å². The van der Waals surface area contributed by atoms with Crippen molar-refractivity contribution in [1.82, 2.24) is 14.7 Å². The molecule has 1 saturated heterocycles. The lowest BCUT2D eigenvalue weighted by atomic mass is 10.3. The largest absolute Gasteiger partial charge is 0.334 e. The highest BCUT2D eigenvalue weighted by Gasteiger charge is 2.28. The van der Waals surface area contributed by atoms with Gasteiger partial charge in [-0.3, -0.25) is 14.3 Å². The number of halogens is 1. The van der Waals surface area contributed by atoms with E-state index in [0.717, 1.165) is 4.47 Å². The minimum absolute atomic E-state index is 0.281. The number of carbonyl (C=O) groups excluding carboxylic acids is 2. The quantitative estimate of drug-likeness (QED) is 0.750. The first-order valence-electron chi connectivity index (χ1n) is 4.67. The molecular weight excluding hydrogens is 262 g/mol. The van der Waals surface area contributed by atoms with E-state index in [-0.39, 0.29) is 11.7 Å². The first-order valence-corrected chi connectivity index (χ1v) is 5.46. The SMILES string of the molecule is O=C1CCN(CCn2cc(Br)cn2)C1=O. The topological polar surface area (TPSA) is 55.2 Å². The van der Waals surface area contributed by atoms with Crippen molar-refractivity contribution in [3.05, 3.63) is 16.9 Å². The Balaban J connectivity index is 1.89. The summed E-state index contributed by atoms with van der Waals surface area (Å²) in [5.41, 5.74) is 0. The number of likely N-dealkylation sites (tertiary alicyclic amines) is 1. The smallest absolute Gasteiger partial charge is 0.290 e. The van der Waals surface area contributed by atoms with Gasteiger partial charge in [-0.05, 0) is 15.9 Å². The van der Waals surface area contributed by atoms with Gasteiger partial charge in [0.15, 0.2) is 0 Å². The van der Waals surface area contributed by atoms with Gasteiger partial charge in [0.2, 0.25) is 5.78 Å². The molecule has 0 atom stereocenters. The Morgan fingerprint density at radius 2 is 2.20 bits per heavy atom. The zero-order valence-electron chi connectivity index (χ0n) is 8.02. The summed E-state index contributed by atoms with van der Waals surface area (Å²) in [6.45, 7) is 1.70. The van der Waals surface area contributed by atoms with Gasteiger partial charge < -0.3 is 4.90 Å². The van der Waals surface area contributed by atoms with Gasteiger partial charge in [0.25, 0.3) is 5.91 Å². The zero-order chi connectivity index (χ0) is 10.8. The van der Waals surface area contributed by atoms with Crippen molar-refractivity contribution in [1.29, 1.82) is 0 Å². The fourth-order valence-electron chi connectivity index (χ4n) is 1.52. The Hall–Kier alpha value is -1.17. The minimum Gasteiger partial charge on any atom is -0.334 e. The van der Waals surface area contributed by atoms with Gasteiger partial charge in [-0.25, -0.2) is 0 Å². The van der Waals surface area contributed by atoms with Crippen LogP contribution in [0.15, 0.2) is 16.9 Å². The molecule has 80 valence electrons. The summed E-state index contributed by atoms with van der Waals surface area (Å²) in [5.74, 6) is -0.641. The second-order valence-corrected chi connectivity index (χ2v) is 4.30. The Morgan fingerprint density at radius 1 is 1.40 bits per heavy atom. The molecule has 0 N–H and O–H groups in total. The summed E-state index contributed by atoms with van der Waals surface area (Å²) >= 11 is 3.29. The van der Waals surface area contributed by atoms with Gasteiger partial charge >= 0.3 is 0 Å². The number of hydrogen-bond donors (Lipinski definition) is 0. The molecule has 0 aliphatic carbocycles. The summed E-state index contributed by atoms with van der Waals surface area (Å²) in [6, 6.07) is 0. The van der Waals surface area contributed by atoms with Crippen LogP contribution in [0, 0.1) is 0 Å². The van der Waals surface area contributed by atoms with Crippen LogP contribution < -0.4 is 0 Å². The van der Waals surface area contributed by atoms with Gasteiger partial charge in [-0.15, -0.1) is 0 Å². The highest BCUT2D eigenvalue weighted by atomic mass is 79.9. The minimum atomic E-state index is -0.360. The standard InChI is InChI=1S/C9H10BrN3O2/c10-7-5-11-13(6-7)4-3-12-2-1-8(14)9(12)15/h5-6H,1-4H2. The molecule has 0 radical (unpaired) electrons. The van der Waals surface area contributed by atoms with Crippen molar-refractivity contribution in [2.75, 3.05) is 13.1 Å². The van der Waals surface area contributed by atoms with Crippen molar-refractivity contribution >= 4 is 27.6 Å².